The van der Waals surface area contributed by atoms with Gasteiger partial charge >= 0.3 is 0 Å². The van der Waals surface area contributed by atoms with E-state index in [1.54, 1.807) is 18.2 Å². The fourth-order valence-corrected chi connectivity index (χ4v) is 1.91. The smallest absolute Gasteiger partial charge is 0.259 e. The summed E-state index contributed by atoms with van der Waals surface area (Å²) in [5, 5.41) is 9.83. The number of hydrogen-bond donors (Lipinski definition) is 2. The van der Waals surface area contributed by atoms with Crippen LogP contribution in [0.4, 0.5) is 14.6 Å². The van der Waals surface area contributed by atoms with Crippen LogP contribution in [0.1, 0.15) is 10.4 Å². The zero-order chi connectivity index (χ0) is 14.1. The molecule has 0 atom stereocenters. The fraction of sp³-hybridized carbons (Fsp3) is 0. The predicted molar refractivity (Wildman–Crippen MR) is 70.4 cm³/mol. The molecule has 1 amide bonds. The lowest BCUT2D eigenvalue weighted by atomic mass is 10.2. The number of para-hydroxylation sites is 1. The number of amides is 1. The molecule has 0 fully saturated rings. The minimum Gasteiger partial charge on any atom is -0.304 e. The molecular formula is C14H9F2N3O. The van der Waals surface area contributed by atoms with Crippen LogP contribution in [-0.2, 0) is 0 Å². The van der Waals surface area contributed by atoms with Crippen LogP contribution in [0.5, 0.6) is 0 Å². The van der Waals surface area contributed by atoms with Crippen LogP contribution in [0.2, 0.25) is 0 Å². The van der Waals surface area contributed by atoms with Crippen LogP contribution < -0.4 is 5.32 Å². The standard InChI is InChI=1S/C14H9F2N3O/c15-8-5-6-11(16)10(7-8)14(20)17-13-9-3-1-2-4-12(9)18-19-13/h1-7H,(H2,17,18,19,20). The van der Waals surface area contributed by atoms with Crippen molar-refractivity contribution in [2.45, 2.75) is 0 Å². The number of carbonyl (C=O) groups excluding carboxylic acids is 1. The first-order chi connectivity index (χ1) is 9.65. The topological polar surface area (TPSA) is 57.8 Å². The number of nitrogens with zero attached hydrogens (tertiary/aromatic N) is 1. The molecule has 0 saturated heterocycles. The number of anilines is 1. The maximum atomic E-state index is 13.5. The van der Waals surface area contributed by atoms with Gasteiger partial charge in [-0.1, -0.05) is 12.1 Å². The minimum absolute atomic E-state index is 0.272. The van der Waals surface area contributed by atoms with Gasteiger partial charge in [0.15, 0.2) is 5.82 Å². The first-order valence-corrected chi connectivity index (χ1v) is 5.84. The van der Waals surface area contributed by atoms with E-state index < -0.39 is 17.5 Å². The summed E-state index contributed by atoms with van der Waals surface area (Å²) in [5.41, 5.74) is 0.375. The maximum absolute atomic E-state index is 13.5. The fourth-order valence-electron chi connectivity index (χ4n) is 1.91. The summed E-state index contributed by atoms with van der Waals surface area (Å²) in [6, 6.07) is 9.87. The summed E-state index contributed by atoms with van der Waals surface area (Å²) in [6.45, 7) is 0. The number of aromatic nitrogens is 2. The lowest BCUT2D eigenvalue weighted by Crippen LogP contribution is -2.14. The van der Waals surface area contributed by atoms with E-state index in [4.69, 9.17) is 0 Å². The van der Waals surface area contributed by atoms with Crippen LogP contribution in [0.3, 0.4) is 0 Å². The Kier molecular flexibility index (Phi) is 2.90. The summed E-state index contributed by atoms with van der Waals surface area (Å²) in [7, 11) is 0. The first kappa shape index (κ1) is 12.3. The van der Waals surface area contributed by atoms with E-state index in [9.17, 15) is 13.6 Å². The van der Waals surface area contributed by atoms with E-state index >= 15 is 0 Å². The summed E-state index contributed by atoms with van der Waals surface area (Å²) in [6.07, 6.45) is 0. The maximum Gasteiger partial charge on any atom is 0.259 e. The highest BCUT2D eigenvalue weighted by Gasteiger charge is 2.15. The van der Waals surface area contributed by atoms with Gasteiger partial charge in [0.1, 0.15) is 11.6 Å². The zero-order valence-corrected chi connectivity index (χ0v) is 10.2. The summed E-state index contributed by atoms with van der Waals surface area (Å²) in [5.74, 6) is -1.94. The zero-order valence-electron chi connectivity index (χ0n) is 10.2. The first-order valence-electron chi connectivity index (χ1n) is 5.84. The van der Waals surface area contributed by atoms with E-state index in [-0.39, 0.29) is 11.4 Å². The Labute approximate surface area is 112 Å². The Hall–Kier alpha value is -2.76. The molecule has 1 heterocycles. The minimum atomic E-state index is -0.788. The van der Waals surface area contributed by atoms with E-state index in [0.29, 0.717) is 5.39 Å². The number of aromatic amines is 1. The second kappa shape index (κ2) is 4.73. The molecule has 0 bridgehead atoms. The Morgan fingerprint density at radius 1 is 1.15 bits per heavy atom. The molecular weight excluding hydrogens is 264 g/mol. The number of fused-ring (bicyclic) bond motifs is 1. The van der Waals surface area contributed by atoms with Crippen molar-refractivity contribution in [2.24, 2.45) is 0 Å². The third kappa shape index (κ3) is 2.11. The van der Waals surface area contributed by atoms with E-state index in [0.717, 1.165) is 23.7 Å². The van der Waals surface area contributed by atoms with Gasteiger partial charge in [0.2, 0.25) is 0 Å². The molecule has 0 radical (unpaired) electrons. The Morgan fingerprint density at radius 2 is 1.95 bits per heavy atom. The molecule has 0 aliphatic rings. The van der Waals surface area contributed by atoms with Gasteiger partial charge in [0.25, 0.3) is 5.91 Å². The quantitative estimate of drug-likeness (QED) is 0.753. The molecule has 3 rings (SSSR count). The second-order valence-electron chi connectivity index (χ2n) is 4.20. The van der Waals surface area contributed by atoms with Crippen LogP contribution in [0.15, 0.2) is 42.5 Å². The normalized spacial score (nSPS) is 10.7. The highest BCUT2D eigenvalue weighted by atomic mass is 19.1. The number of benzene rings is 2. The second-order valence-corrected chi connectivity index (χ2v) is 4.20. The highest BCUT2D eigenvalue weighted by Crippen LogP contribution is 2.20. The third-order valence-corrected chi connectivity index (χ3v) is 2.88. The summed E-state index contributed by atoms with van der Waals surface area (Å²) >= 11 is 0. The van der Waals surface area contributed by atoms with Crippen molar-refractivity contribution in [3.8, 4) is 0 Å². The van der Waals surface area contributed by atoms with Crippen molar-refractivity contribution in [1.82, 2.24) is 10.2 Å². The summed E-state index contributed by atoms with van der Waals surface area (Å²) < 4.78 is 26.6. The molecule has 2 aromatic carbocycles. The molecule has 1 aromatic heterocycles. The van der Waals surface area contributed by atoms with Gasteiger partial charge < -0.3 is 5.32 Å². The van der Waals surface area contributed by atoms with Crippen molar-refractivity contribution < 1.29 is 13.6 Å². The van der Waals surface area contributed by atoms with Crippen molar-refractivity contribution in [3.63, 3.8) is 0 Å². The average Bonchev–Trinajstić information content (AvgIpc) is 2.85. The van der Waals surface area contributed by atoms with E-state index in [2.05, 4.69) is 15.5 Å². The van der Waals surface area contributed by atoms with Crippen LogP contribution >= 0.6 is 0 Å². The monoisotopic (exact) mass is 273 g/mol. The molecule has 6 heteroatoms. The molecule has 4 nitrogen and oxygen atoms in total. The number of hydrogen-bond acceptors (Lipinski definition) is 2. The van der Waals surface area contributed by atoms with Gasteiger partial charge in [-0.05, 0) is 30.3 Å². The van der Waals surface area contributed by atoms with Crippen molar-refractivity contribution in [3.05, 3.63) is 59.7 Å². The Bertz CT molecular complexity index is 798. The number of carbonyl (C=O) groups is 1. The van der Waals surface area contributed by atoms with Crippen molar-refractivity contribution >= 4 is 22.6 Å². The lowest BCUT2D eigenvalue weighted by Gasteiger charge is -2.04. The van der Waals surface area contributed by atoms with Crippen LogP contribution in [0, 0.1) is 11.6 Å². The molecule has 0 saturated carbocycles. The number of rotatable bonds is 2. The van der Waals surface area contributed by atoms with E-state index in [1.807, 2.05) is 6.07 Å². The third-order valence-electron chi connectivity index (χ3n) is 2.88. The van der Waals surface area contributed by atoms with Gasteiger partial charge in [0, 0.05) is 5.39 Å². The molecule has 0 unspecified atom stereocenters. The summed E-state index contributed by atoms with van der Waals surface area (Å²) in [4.78, 5) is 12.0. The molecule has 0 spiro atoms. The average molecular weight is 273 g/mol. The van der Waals surface area contributed by atoms with Gasteiger partial charge in [0.05, 0.1) is 11.1 Å². The van der Waals surface area contributed by atoms with E-state index in [1.165, 1.54) is 0 Å². The van der Waals surface area contributed by atoms with Crippen LogP contribution in [0.25, 0.3) is 10.9 Å². The Balaban J connectivity index is 1.94. The Morgan fingerprint density at radius 3 is 2.80 bits per heavy atom. The number of H-pyrrole nitrogens is 1. The number of nitrogens with one attached hydrogen (secondary N) is 2. The van der Waals surface area contributed by atoms with Crippen molar-refractivity contribution in [1.29, 1.82) is 0 Å². The molecule has 20 heavy (non-hydrogen) atoms. The molecule has 0 aliphatic heterocycles. The lowest BCUT2D eigenvalue weighted by molar-refractivity contribution is 0.102. The highest BCUT2D eigenvalue weighted by molar-refractivity contribution is 6.07. The molecule has 100 valence electrons. The molecule has 2 N–H and O–H groups in total. The van der Waals surface area contributed by atoms with Gasteiger partial charge in [-0.2, -0.15) is 5.10 Å². The predicted octanol–water partition coefficient (Wildman–Crippen LogP) is 3.09. The van der Waals surface area contributed by atoms with Gasteiger partial charge in [-0.3, -0.25) is 9.89 Å². The van der Waals surface area contributed by atoms with Crippen LogP contribution in [-0.4, -0.2) is 16.1 Å². The largest absolute Gasteiger partial charge is 0.304 e. The SMILES string of the molecule is O=C(Nc1n[nH]c2ccccc12)c1cc(F)ccc1F. The van der Waals surface area contributed by atoms with Gasteiger partial charge in [-0.25, -0.2) is 8.78 Å². The van der Waals surface area contributed by atoms with Gasteiger partial charge in [-0.15, -0.1) is 0 Å². The van der Waals surface area contributed by atoms with Crippen molar-refractivity contribution in [2.75, 3.05) is 5.32 Å². The molecule has 0 aliphatic carbocycles. The molecule has 3 aromatic rings. The number of halogens is 2.